The van der Waals surface area contributed by atoms with Gasteiger partial charge in [-0.25, -0.2) is 4.99 Å². The number of aromatic amines is 1. The average molecular weight is 356 g/mol. The lowest BCUT2D eigenvalue weighted by molar-refractivity contribution is 0.261. The van der Waals surface area contributed by atoms with E-state index < -0.39 is 0 Å². The Morgan fingerprint density at radius 3 is 3.04 bits per heavy atom. The quantitative estimate of drug-likeness (QED) is 0.721. The largest absolute Gasteiger partial charge is 0.497 e. The van der Waals surface area contributed by atoms with Gasteiger partial charge in [-0.05, 0) is 30.2 Å². The molecule has 5 nitrogen and oxygen atoms in total. The Morgan fingerprint density at radius 1 is 1.19 bits per heavy atom. The van der Waals surface area contributed by atoms with Crippen LogP contribution in [0.2, 0.25) is 0 Å². The minimum atomic E-state index is -0.214. The smallest absolute Gasteiger partial charge is 0.120 e. The van der Waals surface area contributed by atoms with E-state index in [0.717, 1.165) is 48.6 Å². The molecule has 2 aromatic carbocycles. The van der Waals surface area contributed by atoms with Crippen molar-refractivity contribution in [1.82, 2.24) is 9.88 Å². The summed E-state index contributed by atoms with van der Waals surface area (Å²) >= 11 is 0. The highest BCUT2D eigenvalue weighted by atomic mass is 16.5. The van der Waals surface area contributed by atoms with E-state index >= 15 is 0 Å². The maximum absolute atomic E-state index is 5.42. The number of para-hydroxylation sites is 1. The van der Waals surface area contributed by atoms with Gasteiger partial charge in [0.1, 0.15) is 11.3 Å². The zero-order valence-corrected chi connectivity index (χ0v) is 15.2. The summed E-state index contributed by atoms with van der Waals surface area (Å²) in [5, 5.41) is 1.26. The summed E-state index contributed by atoms with van der Waals surface area (Å²) in [5.41, 5.74) is 6.93. The van der Waals surface area contributed by atoms with Crippen LogP contribution in [0.4, 0.5) is 5.69 Å². The summed E-state index contributed by atoms with van der Waals surface area (Å²) in [5.74, 6) is 0.874. The number of ether oxygens (including phenoxy) is 1. The van der Waals surface area contributed by atoms with E-state index in [4.69, 9.17) is 14.7 Å². The molecule has 5 heteroatoms. The third-order valence-electron chi connectivity index (χ3n) is 6.26. The van der Waals surface area contributed by atoms with E-state index in [1.54, 1.807) is 7.11 Å². The molecule has 4 heterocycles. The second-order valence-corrected chi connectivity index (χ2v) is 7.44. The summed E-state index contributed by atoms with van der Waals surface area (Å²) in [4.78, 5) is 15.8. The van der Waals surface area contributed by atoms with Crippen molar-refractivity contribution in [3.63, 3.8) is 0 Å². The second kappa shape index (κ2) is 5.22. The van der Waals surface area contributed by atoms with Gasteiger partial charge in [-0.3, -0.25) is 4.99 Å². The Labute approximate surface area is 157 Å². The molecule has 3 aliphatic rings. The van der Waals surface area contributed by atoms with Crippen molar-refractivity contribution in [3.8, 4) is 5.75 Å². The number of rotatable bonds is 1. The first kappa shape index (κ1) is 15.0. The Kier molecular flexibility index (Phi) is 2.91. The second-order valence-electron chi connectivity index (χ2n) is 7.44. The van der Waals surface area contributed by atoms with E-state index in [1.165, 1.54) is 22.2 Å². The molecule has 0 bridgehead atoms. The van der Waals surface area contributed by atoms with Gasteiger partial charge in [0, 0.05) is 42.0 Å². The number of hydrogen-bond donors (Lipinski definition) is 1. The lowest BCUT2D eigenvalue weighted by atomic mass is 9.79. The molecule has 1 atom stereocenters. The molecule has 0 unspecified atom stereocenters. The van der Waals surface area contributed by atoms with Gasteiger partial charge in [-0.1, -0.05) is 18.2 Å². The van der Waals surface area contributed by atoms with Crippen LogP contribution in [-0.4, -0.2) is 42.1 Å². The predicted molar refractivity (Wildman–Crippen MR) is 108 cm³/mol. The van der Waals surface area contributed by atoms with Gasteiger partial charge in [0.05, 0.1) is 30.5 Å². The third kappa shape index (κ3) is 1.84. The first-order chi connectivity index (χ1) is 13.3. The first-order valence-corrected chi connectivity index (χ1v) is 9.45. The number of nitrogens with zero attached hydrogens (tertiary/aromatic N) is 3. The molecule has 1 N–H and O–H groups in total. The molecule has 0 radical (unpaired) electrons. The van der Waals surface area contributed by atoms with Crippen LogP contribution in [0.25, 0.3) is 10.9 Å². The van der Waals surface area contributed by atoms with E-state index in [0.29, 0.717) is 0 Å². The molecule has 0 saturated heterocycles. The molecular formula is C22H20N4O. The van der Waals surface area contributed by atoms with Gasteiger partial charge in [0.15, 0.2) is 0 Å². The number of methoxy groups -OCH3 is 1. The monoisotopic (exact) mass is 356 g/mol. The van der Waals surface area contributed by atoms with Crippen molar-refractivity contribution >= 4 is 28.6 Å². The van der Waals surface area contributed by atoms with Crippen LogP contribution in [0, 0.1) is 0 Å². The number of benzene rings is 2. The van der Waals surface area contributed by atoms with E-state index in [9.17, 15) is 0 Å². The van der Waals surface area contributed by atoms with Crippen molar-refractivity contribution in [1.29, 1.82) is 0 Å². The van der Waals surface area contributed by atoms with Gasteiger partial charge in [0.2, 0.25) is 0 Å². The Balaban J connectivity index is 1.63. The molecule has 1 aromatic heterocycles. The molecule has 134 valence electrons. The third-order valence-corrected chi connectivity index (χ3v) is 6.26. The van der Waals surface area contributed by atoms with Gasteiger partial charge in [0.25, 0.3) is 0 Å². The molecule has 3 aliphatic heterocycles. The van der Waals surface area contributed by atoms with Crippen LogP contribution < -0.4 is 4.74 Å². The van der Waals surface area contributed by atoms with Crippen molar-refractivity contribution in [2.24, 2.45) is 9.98 Å². The molecule has 27 heavy (non-hydrogen) atoms. The predicted octanol–water partition coefficient (Wildman–Crippen LogP) is 3.80. The number of nitrogens with one attached hydrogen (secondary N) is 1. The normalized spacial score (nSPS) is 22.6. The fourth-order valence-electron chi connectivity index (χ4n) is 5.03. The standard InChI is InChI=1S/C22H20N4O/c1-27-14-6-7-15-16-8-11-26-13-24-18-5-3-2-4-17(18)22(26)9-10-23-21(22)20(16)25-19(15)12-14/h2-7,12-13,25H,8-11H2,1H3/t22-/m0/s1. The molecule has 3 aromatic rings. The van der Waals surface area contributed by atoms with E-state index in [-0.39, 0.29) is 5.54 Å². The minimum absolute atomic E-state index is 0.214. The molecule has 0 amide bonds. The summed E-state index contributed by atoms with van der Waals surface area (Å²) in [6, 6.07) is 14.8. The average Bonchev–Trinajstić information content (AvgIpc) is 3.26. The minimum Gasteiger partial charge on any atom is -0.497 e. The number of fused-ring (bicyclic) bond motifs is 5. The topological polar surface area (TPSA) is 53.0 Å². The summed E-state index contributed by atoms with van der Waals surface area (Å²) in [7, 11) is 1.71. The van der Waals surface area contributed by atoms with Crippen molar-refractivity contribution in [2.75, 3.05) is 20.2 Å². The molecule has 0 saturated carbocycles. The highest BCUT2D eigenvalue weighted by molar-refractivity contribution is 6.14. The highest BCUT2D eigenvalue weighted by Crippen LogP contribution is 2.48. The fourth-order valence-corrected chi connectivity index (χ4v) is 5.03. The van der Waals surface area contributed by atoms with Crippen LogP contribution in [-0.2, 0) is 12.0 Å². The molecule has 6 rings (SSSR count). The van der Waals surface area contributed by atoms with Crippen LogP contribution in [0.15, 0.2) is 52.4 Å². The maximum Gasteiger partial charge on any atom is 0.120 e. The molecule has 0 aliphatic carbocycles. The lowest BCUT2D eigenvalue weighted by Crippen LogP contribution is -2.51. The molecular weight excluding hydrogens is 336 g/mol. The van der Waals surface area contributed by atoms with Gasteiger partial charge >= 0.3 is 0 Å². The highest BCUT2D eigenvalue weighted by Gasteiger charge is 2.50. The number of aromatic nitrogens is 1. The number of aliphatic imine (C=N–C) groups is 2. The van der Waals surface area contributed by atoms with Crippen LogP contribution >= 0.6 is 0 Å². The Morgan fingerprint density at radius 2 is 2.11 bits per heavy atom. The van der Waals surface area contributed by atoms with E-state index in [1.807, 2.05) is 12.4 Å². The first-order valence-electron chi connectivity index (χ1n) is 9.45. The maximum atomic E-state index is 5.42. The number of hydrogen-bond acceptors (Lipinski definition) is 4. The zero-order chi connectivity index (χ0) is 18.0. The van der Waals surface area contributed by atoms with Gasteiger partial charge < -0.3 is 14.6 Å². The summed E-state index contributed by atoms with van der Waals surface area (Å²) in [6.07, 6.45) is 3.99. The Hall–Kier alpha value is -3.08. The zero-order valence-electron chi connectivity index (χ0n) is 15.2. The van der Waals surface area contributed by atoms with E-state index in [2.05, 4.69) is 46.3 Å². The van der Waals surface area contributed by atoms with Crippen LogP contribution in [0.5, 0.6) is 5.75 Å². The molecule has 0 fully saturated rings. The van der Waals surface area contributed by atoms with Gasteiger partial charge in [-0.2, -0.15) is 0 Å². The lowest BCUT2D eigenvalue weighted by Gasteiger charge is -2.43. The SMILES string of the molecule is COc1ccc2c3c([nH]c2c1)C1=NCC[C@]12c1ccccc1N=CN2CC3. The fraction of sp³-hybridized carbons (Fsp3) is 0.273. The Bertz CT molecular complexity index is 1140. The van der Waals surface area contributed by atoms with Crippen LogP contribution in [0.1, 0.15) is 23.2 Å². The number of H-pyrrole nitrogens is 1. The molecule has 1 spiro atoms. The summed E-state index contributed by atoms with van der Waals surface area (Å²) < 4.78 is 5.42. The van der Waals surface area contributed by atoms with Crippen molar-refractivity contribution < 1.29 is 4.74 Å². The summed E-state index contributed by atoms with van der Waals surface area (Å²) in [6.45, 7) is 1.77. The van der Waals surface area contributed by atoms with Crippen LogP contribution in [0.3, 0.4) is 0 Å². The van der Waals surface area contributed by atoms with Crippen molar-refractivity contribution in [2.45, 2.75) is 18.4 Å². The van der Waals surface area contributed by atoms with Crippen molar-refractivity contribution in [3.05, 3.63) is 59.3 Å². The van der Waals surface area contributed by atoms with Gasteiger partial charge in [-0.15, -0.1) is 0 Å².